The highest BCUT2D eigenvalue weighted by Crippen LogP contribution is 2.23. The van der Waals surface area contributed by atoms with Gasteiger partial charge in [0, 0.05) is 18.2 Å². The molecule has 0 bridgehead atoms. The summed E-state index contributed by atoms with van der Waals surface area (Å²) in [6.45, 7) is 2.07. The lowest BCUT2D eigenvalue weighted by molar-refractivity contribution is 0.0907. The molecule has 2 aliphatic rings. The van der Waals surface area contributed by atoms with Crippen LogP contribution < -0.4 is 0 Å². The highest BCUT2D eigenvalue weighted by Gasteiger charge is 2.22. The number of rotatable bonds is 4. The Morgan fingerprint density at radius 1 is 1.37 bits per heavy atom. The molecule has 0 spiro atoms. The first kappa shape index (κ1) is 12.8. The van der Waals surface area contributed by atoms with Crippen molar-refractivity contribution in [3.05, 3.63) is 34.9 Å². The van der Waals surface area contributed by atoms with Crippen molar-refractivity contribution in [3.8, 4) is 0 Å². The van der Waals surface area contributed by atoms with Crippen LogP contribution in [0.5, 0.6) is 0 Å². The smallest absolute Gasteiger partial charge is 0.176 e. The molecule has 1 aromatic carbocycles. The van der Waals surface area contributed by atoms with Crippen LogP contribution in [0, 0.1) is 0 Å². The molecule has 1 fully saturated rings. The van der Waals surface area contributed by atoms with E-state index in [1.54, 1.807) is 0 Å². The number of fused-ring (bicyclic) bond motifs is 1. The standard InChI is InChI=1S/C16H21NO2/c1-17(15-7-8-19-11-15)10-16(18)14-6-5-12-3-2-4-13(12)9-14/h5-6,9,15H,2-4,7-8,10-11H2,1H3. The third-order valence-electron chi connectivity index (χ3n) is 4.34. The van der Waals surface area contributed by atoms with Gasteiger partial charge >= 0.3 is 0 Å². The maximum atomic E-state index is 12.3. The van der Waals surface area contributed by atoms with Crippen LogP contribution in [0.2, 0.25) is 0 Å². The Balaban J connectivity index is 1.66. The molecule has 0 amide bonds. The maximum Gasteiger partial charge on any atom is 0.176 e. The summed E-state index contributed by atoms with van der Waals surface area (Å²) in [4.78, 5) is 14.5. The zero-order valence-electron chi connectivity index (χ0n) is 11.5. The van der Waals surface area contributed by atoms with Gasteiger partial charge in [-0.1, -0.05) is 12.1 Å². The highest BCUT2D eigenvalue weighted by molar-refractivity contribution is 5.97. The van der Waals surface area contributed by atoms with Crippen molar-refractivity contribution in [2.24, 2.45) is 0 Å². The summed E-state index contributed by atoms with van der Waals surface area (Å²) in [5.41, 5.74) is 3.67. The van der Waals surface area contributed by atoms with E-state index < -0.39 is 0 Å². The first-order chi connectivity index (χ1) is 9.24. The summed E-state index contributed by atoms with van der Waals surface area (Å²) in [6, 6.07) is 6.63. The average molecular weight is 259 g/mol. The second kappa shape index (κ2) is 5.43. The number of ether oxygens (including phenoxy) is 1. The van der Waals surface area contributed by atoms with Crippen molar-refractivity contribution in [1.29, 1.82) is 0 Å². The van der Waals surface area contributed by atoms with E-state index in [0.29, 0.717) is 12.6 Å². The summed E-state index contributed by atoms with van der Waals surface area (Å²) in [7, 11) is 2.02. The second-order valence-corrected chi connectivity index (χ2v) is 5.69. The van der Waals surface area contributed by atoms with Crippen LogP contribution in [0.4, 0.5) is 0 Å². The van der Waals surface area contributed by atoms with E-state index in [0.717, 1.165) is 31.6 Å². The number of carbonyl (C=O) groups is 1. The molecule has 0 saturated carbocycles. The molecule has 1 saturated heterocycles. The zero-order valence-corrected chi connectivity index (χ0v) is 11.5. The Kier molecular flexibility index (Phi) is 3.67. The van der Waals surface area contributed by atoms with Gasteiger partial charge in [0.15, 0.2) is 5.78 Å². The van der Waals surface area contributed by atoms with E-state index in [1.165, 1.54) is 24.0 Å². The molecule has 1 unspecified atom stereocenters. The van der Waals surface area contributed by atoms with Crippen LogP contribution >= 0.6 is 0 Å². The lowest BCUT2D eigenvalue weighted by Crippen LogP contribution is -2.36. The Labute approximate surface area is 114 Å². The van der Waals surface area contributed by atoms with Gasteiger partial charge in [-0.05, 0) is 49.9 Å². The normalized spacial score (nSPS) is 21.9. The van der Waals surface area contributed by atoms with Gasteiger partial charge in [0.25, 0.3) is 0 Å². The fourth-order valence-electron chi connectivity index (χ4n) is 3.06. The summed E-state index contributed by atoms with van der Waals surface area (Å²) < 4.78 is 5.37. The zero-order chi connectivity index (χ0) is 13.2. The van der Waals surface area contributed by atoms with E-state index >= 15 is 0 Å². The number of likely N-dealkylation sites (N-methyl/N-ethyl adjacent to an activating group) is 1. The predicted octanol–water partition coefficient (Wildman–Crippen LogP) is 2.08. The lowest BCUT2D eigenvalue weighted by atomic mass is 10.0. The number of benzene rings is 1. The summed E-state index contributed by atoms with van der Waals surface area (Å²) in [5.74, 6) is 0.226. The second-order valence-electron chi connectivity index (χ2n) is 5.69. The van der Waals surface area contributed by atoms with Gasteiger partial charge in [0.05, 0.1) is 13.2 Å². The van der Waals surface area contributed by atoms with Crippen molar-refractivity contribution < 1.29 is 9.53 Å². The Hall–Kier alpha value is -1.19. The van der Waals surface area contributed by atoms with Crippen molar-refractivity contribution in [2.75, 3.05) is 26.8 Å². The van der Waals surface area contributed by atoms with Gasteiger partial charge < -0.3 is 4.74 Å². The van der Waals surface area contributed by atoms with Crippen molar-refractivity contribution in [1.82, 2.24) is 4.90 Å². The SMILES string of the molecule is CN(CC(=O)c1ccc2c(c1)CCC2)C1CCOC1. The third kappa shape index (κ3) is 2.72. The van der Waals surface area contributed by atoms with Crippen LogP contribution in [-0.2, 0) is 17.6 Å². The first-order valence-electron chi connectivity index (χ1n) is 7.17. The van der Waals surface area contributed by atoms with Crippen LogP contribution in [0.3, 0.4) is 0 Å². The predicted molar refractivity (Wildman–Crippen MR) is 74.7 cm³/mol. The van der Waals surface area contributed by atoms with E-state index in [4.69, 9.17) is 4.74 Å². The van der Waals surface area contributed by atoms with Gasteiger partial charge in [0.2, 0.25) is 0 Å². The third-order valence-corrected chi connectivity index (χ3v) is 4.34. The molecule has 1 aliphatic heterocycles. The van der Waals surface area contributed by atoms with Crippen molar-refractivity contribution in [2.45, 2.75) is 31.7 Å². The van der Waals surface area contributed by atoms with E-state index in [2.05, 4.69) is 17.0 Å². The first-order valence-corrected chi connectivity index (χ1v) is 7.17. The molecular formula is C16H21NO2. The molecule has 19 heavy (non-hydrogen) atoms. The Bertz CT molecular complexity index is 478. The minimum atomic E-state index is 0.226. The van der Waals surface area contributed by atoms with E-state index in [1.807, 2.05) is 13.1 Å². The molecule has 0 aromatic heterocycles. The largest absolute Gasteiger partial charge is 0.380 e. The number of ketones is 1. The number of carbonyl (C=O) groups excluding carboxylic acids is 1. The number of hydrogen-bond acceptors (Lipinski definition) is 3. The molecular weight excluding hydrogens is 238 g/mol. The van der Waals surface area contributed by atoms with Crippen molar-refractivity contribution in [3.63, 3.8) is 0 Å². The van der Waals surface area contributed by atoms with Crippen LogP contribution in [-0.4, -0.2) is 43.5 Å². The monoisotopic (exact) mass is 259 g/mol. The molecule has 0 radical (unpaired) electrons. The minimum Gasteiger partial charge on any atom is -0.380 e. The van der Waals surface area contributed by atoms with Gasteiger partial charge in [-0.15, -0.1) is 0 Å². The Morgan fingerprint density at radius 2 is 2.21 bits per heavy atom. The van der Waals surface area contributed by atoms with E-state index in [9.17, 15) is 4.79 Å². The number of Topliss-reactive ketones (excluding diaryl/α,β-unsaturated/α-hetero) is 1. The van der Waals surface area contributed by atoms with Crippen LogP contribution in [0.25, 0.3) is 0 Å². The van der Waals surface area contributed by atoms with Gasteiger partial charge in [-0.2, -0.15) is 0 Å². The quantitative estimate of drug-likeness (QED) is 0.775. The number of hydrogen-bond donors (Lipinski definition) is 0. The maximum absolute atomic E-state index is 12.3. The fraction of sp³-hybridized carbons (Fsp3) is 0.562. The Morgan fingerprint density at radius 3 is 3.00 bits per heavy atom. The lowest BCUT2D eigenvalue weighted by Gasteiger charge is -2.21. The number of nitrogens with zero attached hydrogens (tertiary/aromatic N) is 1. The molecule has 3 rings (SSSR count). The molecule has 0 N–H and O–H groups in total. The average Bonchev–Trinajstić information content (AvgIpc) is 3.09. The highest BCUT2D eigenvalue weighted by atomic mass is 16.5. The summed E-state index contributed by atoms with van der Waals surface area (Å²) in [5, 5.41) is 0. The fourth-order valence-corrected chi connectivity index (χ4v) is 3.06. The van der Waals surface area contributed by atoms with Crippen molar-refractivity contribution >= 4 is 5.78 Å². The topological polar surface area (TPSA) is 29.5 Å². The molecule has 3 nitrogen and oxygen atoms in total. The van der Waals surface area contributed by atoms with Gasteiger partial charge in [-0.25, -0.2) is 0 Å². The molecule has 1 aliphatic carbocycles. The van der Waals surface area contributed by atoms with Gasteiger partial charge in [0.1, 0.15) is 0 Å². The summed E-state index contributed by atoms with van der Waals surface area (Å²) >= 11 is 0. The van der Waals surface area contributed by atoms with Gasteiger partial charge in [-0.3, -0.25) is 9.69 Å². The minimum absolute atomic E-state index is 0.226. The van der Waals surface area contributed by atoms with Crippen LogP contribution in [0.15, 0.2) is 18.2 Å². The number of aryl methyl sites for hydroxylation is 2. The molecule has 102 valence electrons. The molecule has 1 heterocycles. The molecule has 1 aromatic rings. The van der Waals surface area contributed by atoms with Crippen LogP contribution in [0.1, 0.15) is 34.3 Å². The summed E-state index contributed by atoms with van der Waals surface area (Å²) in [6.07, 6.45) is 4.56. The van der Waals surface area contributed by atoms with E-state index in [-0.39, 0.29) is 5.78 Å². The molecule has 3 heteroatoms. The molecule has 1 atom stereocenters.